The van der Waals surface area contributed by atoms with Crippen molar-refractivity contribution < 1.29 is 8.42 Å². The molecule has 1 heterocycles. The fourth-order valence-corrected chi connectivity index (χ4v) is 2.87. The number of nitrogen functional groups attached to an aromatic ring is 1. The van der Waals surface area contributed by atoms with Crippen LogP contribution >= 0.6 is 11.8 Å². The maximum atomic E-state index is 11.3. The molecule has 1 aromatic carbocycles. The lowest BCUT2D eigenvalue weighted by Gasteiger charge is -2.03. The number of nitrogens with two attached hydrogens (primary N) is 1. The third kappa shape index (κ3) is 3.24. The van der Waals surface area contributed by atoms with E-state index in [-0.39, 0.29) is 0 Å². The molecule has 0 fully saturated rings. The van der Waals surface area contributed by atoms with Gasteiger partial charge in [0.15, 0.2) is 9.84 Å². The molecule has 2 rings (SSSR count). The van der Waals surface area contributed by atoms with Crippen molar-refractivity contribution in [2.24, 2.45) is 0 Å². The quantitative estimate of drug-likeness (QED) is 0.933. The Bertz CT molecular complexity index is 652. The topological polar surface area (TPSA) is 73.0 Å². The largest absolute Gasteiger partial charge is 0.384 e. The summed E-state index contributed by atoms with van der Waals surface area (Å²) in [5.41, 5.74) is 5.59. The number of pyridine rings is 1. The van der Waals surface area contributed by atoms with E-state index < -0.39 is 9.84 Å². The third-order valence-corrected chi connectivity index (χ3v) is 4.37. The molecular weight excluding hydrogens is 268 g/mol. The van der Waals surface area contributed by atoms with Crippen molar-refractivity contribution in [1.82, 2.24) is 4.98 Å². The Kier molecular flexibility index (Phi) is 3.58. The number of anilines is 1. The number of hydrogen-bond acceptors (Lipinski definition) is 5. The number of rotatable bonds is 3. The van der Waals surface area contributed by atoms with Crippen LogP contribution in [0.15, 0.2) is 57.3 Å². The van der Waals surface area contributed by atoms with Gasteiger partial charge in [0.05, 0.1) is 4.90 Å². The molecule has 2 N–H and O–H groups in total. The maximum Gasteiger partial charge on any atom is 0.175 e. The Morgan fingerprint density at radius 2 is 1.78 bits per heavy atom. The van der Waals surface area contributed by atoms with E-state index in [1.807, 2.05) is 6.07 Å². The molecule has 1 aromatic heterocycles. The first kappa shape index (κ1) is 12.9. The van der Waals surface area contributed by atoms with Crippen LogP contribution in [0.25, 0.3) is 0 Å². The number of sulfone groups is 1. The van der Waals surface area contributed by atoms with Gasteiger partial charge in [-0.3, -0.25) is 0 Å². The lowest BCUT2D eigenvalue weighted by atomic mass is 10.4. The van der Waals surface area contributed by atoms with E-state index in [1.165, 1.54) is 18.0 Å². The molecule has 0 unspecified atom stereocenters. The second-order valence-electron chi connectivity index (χ2n) is 3.76. The first-order valence-electron chi connectivity index (χ1n) is 5.15. The van der Waals surface area contributed by atoms with Crippen LogP contribution in [0.2, 0.25) is 0 Å². The summed E-state index contributed by atoms with van der Waals surface area (Å²) < 4.78 is 22.6. The Labute approximate surface area is 110 Å². The van der Waals surface area contributed by atoms with Crippen molar-refractivity contribution in [3.05, 3.63) is 42.6 Å². The zero-order chi connectivity index (χ0) is 13.2. The molecule has 0 saturated carbocycles. The maximum absolute atomic E-state index is 11.3. The van der Waals surface area contributed by atoms with Crippen molar-refractivity contribution in [3.63, 3.8) is 0 Å². The summed E-state index contributed by atoms with van der Waals surface area (Å²) in [5, 5.41) is 0. The van der Waals surface area contributed by atoms with Gasteiger partial charge in [0.2, 0.25) is 0 Å². The van der Waals surface area contributed by atoms with Gasteiger partial charge >= 0.3 is 0 Å². The number of benzene rings is 1. The van der Waals surface area contributed by atoms with E-state index in [9.17, 15) is 8.42 Å². The van der Waals surface area contributed by atoms with Crippen molar-refractivity contribution >= 4 is 27.4 Å². The van der Waals surface area contributed by atoms with Crippen molar-refractivity contribution in [3.8, 4) is 0 Å². The number of aromatic nitrogens is 1. The summed E-state index contributed by atoms with van der Waals surface area (Å²) >= 11 is 1.51. The molecule has 18 heavy (non-hydrogen) atoms. The van der Waals surface area contributed by atoms with Crippen molar-refractivity contribution in [2.45, 2.75) is 14.7 Å². The van der Waals surface area contributed by atoms with Crippen LogP contribution in [0.1, 0.15) is 0 Å². The van der Waals surface area contributed by atoms with Gasteiger partial charge < -0.3 is 5.73 Å². The van der Waals surface area contributed by atoms with Gasteiger partial charge in [0.25, 0.3) is 0 Å². The number of nitrogens with zero attached hydrogens (tertiary/aromatic N) is 1. The van der Waals surface area contributed by atoms with Crippen LogP contribution in [0.5, 0.6) is 0 Å². The Morgan fingerprint density at radius 3 is 2.33 bits per heavy atom. The molecule has 0 aliphatic carbocycles. The van der Waals surface area contributed by atoms with E-state index in [1.54, 1.807) is 36.5 Å². The molecule has 4 nitrogen and oxygen atoms in total. The monoisotopic (exact) mass is 280 g/mol. The lowest BCUT2D eigenvalue weighted by molar-refractivity contribution is 0.602. The van der Waals surface area contributed by atoms with Gasteiger partial charge in [-0.1, -0.05) is 11.8 Å². The number of hydrogen-bond donors (Lipinski definition) is 1. The summed E-state index contributed by atoms with van der Waals surface area (Å²) in [6.45, 7) is 0. The summed E-state index contributed by atoms with van der Waals surface area (Å²) in [7, 11) is -3.14. The zero-order valence-electron chi connectivity index (χ0n) is 9.70. The second-order valence-corrected chi connectivity index (χ2v) is 6.92. The predicted molar refractivity (Wildman–Crippen MR) is 72.3 cm³/mol. The molecule has 0 amide bonds. The van der Waals surface area contributed by atoms with Crippen molar-refractivity contribution in [1.29, 1.82) is 0 Å². The lowest BCUT2D eigenvalue weighted by Crippen LogP contribution is -1.95. The highest BCUT2D eigenvalue weighted by atomic mass is 32.2. The van der Waals surface area contributed by atoms with Gasteiger partial charge in [0, 0.05) is 22.2 Å². The molecule has 2 aromatic rings. The fraction of sp³-hybridized carbons (Fsp3) is 0.0833. The molecule has 0 spiro atoms. The highest BCUT2D eigenvalue weighted by molar-refractivity contribution is 7.99. The SMILES string of the molecule is CS(=O)(=O)c1ccc(Sc2ccnc(N)c2)cc1. The van der Waals surface area contributed by atoms with E-state index in [2.05, 4.69) is 4.98 Å². The first-order valence-corrected chi connectivity index (χ1v) is 7.85. The molecule has 94 valence electrons. The van der Waals surface area contributed by atoms with Gasteiger partial charge in [-0.15, -0.1) is 0 Å². The molecular formula is C12H12N2O2S2. The smallest absolute Gasteiger partial charge is 0.175 e. The average molecular weight is 280 g/mol. The van der Waals surface area contributed by atoms with Gasteiger partial charge in [-0.25, -0.2) is 13.4 Å². The molecule has 0 aliphatic heterocycles. The fourth-order valence-electron chi connectivity index (χ4n) is 1.38. The Balaban J connectivity index is 2.21. The van der Waals surface area contributed by atoms with E-state index in [4.69, 9.17) is 5.73 Å². The Morgan fingerprint density at radius 1 is 1.11 bits per heavy atom. The molecule has 0 radical (unpaired) electrons. The van der Waals surface area contributed by atoms with Crippen LogP contribution in [0.4, 0.5) is 5.82 Å². The summed E-state index contributed by atoms with van der Waals surface area (Å²) in [6, 6.07) is 10.4. The van der Waals surface area contributed by atoms with E-state index >= 15 is 0 Å². The van der Waals surface area contributed by atoms with Crippen LogP contribution < -0.4 is 5.73 Å². The molecule has 0 bridgehead atoms. The highest BCUT2D eigenvalue weighted by Gasteiger charge is 2.06. The minimum absolute atomic E-state index is 0.320. The summed E-state index contributed by atoms with van der Waals surface area (Å²) in [5.74, 6) is 0.466. The first-order chi connectivity index (χ1) is 8.45. The third-order valence-electron chi connectivity index (χ3n) is 2.24. The van der Waals surface area contributed by atoms with E-state index in [0.29, 0.717) is 10.7 Å². The predicted octanol–water partition coefficient (Wildman–Crippen LogP) is 2.22. The van der Waals surface area contributed by atoms with Crippen LogP contribution in [0, 0.1) is 0 Å². The van der Waals surface area contributed by atoms with Crippen molar-refractivity contribution in [2.75, 3.05) is 12.0 Å². The van der Waals surface area contributed by atoms with Crippen LogP contribution in [-0.2, 0) is 9.84 Å². The molecule has 0 saturated heterocycles. The normalized spacial score (nSPS) is 11.4. The van der Waals surface area contributed by atoms with Crippen LogP contribution in [0.3, 0.4) is 0 Å². The van der Waals surface area contributed by atoms with Gasteiger partial charge in [0.1, 0.15) is 5.82 Å². The second kappa shape index (κ2) is 4.99. The minimum atomic E-state index is -3.14. The zero-order valence-corrected chi connectivity index (χ0v) is 11.3. The highest BCUT2D eigenvalue weighted by Crippen LogP contribution is 2.28. The van der Waals surface area contributed by atoms with Crippen LogP contribution in [-0.4, -0.2) is 19.7 Å². The molecule has 0 aliphatic rings. The Hall–Kier alpha value is -1.53. The average Bonchev–Trinajstić information content (AvgIpc) is 2.28. The minimum Gasteiger partial charge on any atom is -0.384 e. The summed E-state index contributed by atoms with van der Waals surface area (Å²) in [4.78, 5) is 6.15. The summed E-state index contributed by atoms with van der Waals surface area (Å²) in [6.07, 6.45) is 2.83. The molecule has 0 atom stereocenters. The van der Waals surface area contributed by atoms with E-state index in [0.717, 1.165) is 9.79 Å². The standard InChI is InChI=1S/C12H12N2O2S2/c1-18(15,16)11-4-2-9(3-5-11)17-10-6-7-14-12(13)8-10/h2-8H,1H3,(H2,13,14). The van der Waals surface area contributed by atoms with Gasteiger partial charge in [-0.05, 0) is 36.4 Å². The molecule has 6 heteroatoms. The van der Waals surface area contributed by atoms with Gasteiger partial charge in [-0.2, -0.15) is 0 Å².